The van der Waals surface area contributed by atoms with Crippen LogP contribution in [0, 0.1) is 5.92 Å². The molecule has 0 unspecified atom stereocenters. The minimum Gasteiger partial charge on any atom is -0.292 e. The van der Waals surface area contributed by atoms with Crippen LogP contribution in [0.1, 0.15) is 17.8 Å². The third kappa shape index (κ3) is 3.14. The summed E-state index contributed by atoms with van der Waals surface area (Å²) in [6.45, 7) is 3.06. The van der Waals surface area contributed by atoms with Crippen molar-refractivity contribution < 1.29 is 8.42 Å². The van der Waals surface area contributed by atoms with Gasteiger partial charge in [0.1, 0.15) is 5.01 Å². The van der Waals surface area contributed by atoms with E-state index in [-0.39, 0.29) is 0 Å². The van der Waals surface area contributed by atoms with E-state index in [0.29, 0.717) is 25.0 Å². The molecule has 0 aromatic carbocycles. The summed E-state index contributed by atoms with van der Waals surface area (Å²) < 4.78 is 27.8. The topological polar surface area (TPSA) is 56.8 Å². The predicted octanol–water partition coefficient (Wildman–Crippen LogP) is 0.846. The summed E-state index contributed by atoms with van der Waals surface area (Å²) in [5.74, 6) is 0.429. The zero-order chi connectivity index (χ0) is 15.0. The molecule has 3 aliphatic heterocycles. The molecule has 4 rings (SSSR count). The van der Waals surface area contributed by atoms with E-state index in [9.17, 15) is 8.42 Å². The fraction of sp³-hybridized carbons (Fsp3) is 0.769. The van der Waals surface area contributed by atoms with E-state index in [1.165, 1.54) is 4.31 Å². The smallest absolute Gasteiger partial charge is 0.281 e. The number of nitrogens with zero attached hydrogens (tertiary/aromatic N) is 4. The van der Waals surface area contributed by atoms with Crippen LogP contribution in [-0.2, 0) is 16.8 Å². The number of thiazole rings is 1. The minimum atomic E-state index is -3.31. The molecule has 0 radical (unpaired) electrons. The first kappa shape index (κ1) is 15.4. The Labute approximate surface area is 130 Å². The fourth-order valence-corrected chi connectivity index (χ4v) is 5.12. The van der Waals surface area contributed by atoms with Crippen LogP contribution in [0.3, 0.4) is 0 Å². The van der Waals surface area contributed by atoms with E-state index in [2.05, 4.69) is 9.88 Å². The van der Waals surface area contributed by atoms with Crippen molar-refractivity contribution in [2.75, 3.05) is 33.7 Å². The number of fused-ring (bicyclic) bond motifs is 4. The molecule has 0 amide bonds. The van der Waals surface area contributed by atoms with Gasteiger partial charge in [-0.1, -0.05) is 0 Å². The number of aromatic nitrogens is 1. The average molecular weight is 330 g/mol. The molecule has 1 aromatic rings. The summed E-state index contributed by atoms with van der Waals surface area (Å²) in [6, 6.07) is 0.308. The van der Waals surface area contributed by atoms with Gasteiger partial charge in [-0.25, -0.2) is 4.98 Å². The molecule has 1 aromatic heterocycles. The number of piperidine rings is 1. The molecule has 3 fully saturated rings. The Balaban J connectivity index is 1.76. The Kier molecular flexibility index (Phi) is 4.33. The fourth-order valence-electron chi connectivity index (χ4n) is 3.25. The van der Waals surface area contributed by atoms with Crippen LogP contribution in [0.15, 0.2) is 11.6 Å². The highest BCUT2D eigenvalue weighted by molar-refractivity contribution is 7.86. The first-order chi connectivity index (χ1) is 9.96. The van der Waals surface area contributed by atoms with Gasteiger partial charge in [-0.05, 0) is 18.8 Å². The lowest BCUT2D eigenvalue weighted by molar-refractivity contribution is 0.125. The largest absolute Gasteiger partial charge is 0.292 e. The van der Waals surface area contributed by atoms with Gasteiger partial charge in [0.05, 0.1) is 6.54 Å². The van der Waals surface area contributed by atoms with Gasteiger partial charge in [-0.2, -0.15) is 17.0 Å². The van der Waals surface area contributed by atoms with Crippen LogP contribution in [0.25, 0.3) is 0 Å². The van der Waals surface area contributed by atoms with Crippen LogP contribution in [0.2, 0.25) is 0 Å². The van der Waals surface area contributed by atoms with E-state index in [0.717, 1.165) is 30.9 Å². The first-order valence-electron chi connectivity index (χ1n) is 7.27. The Morgan fingerprint density at radius 3 is 2.81 bits per heavy atom. The van der Waals surface area contributed by atoms with Gasteiger partial charge in [0, 0.05) is 51.3 Å². The van der Waals surface area contributed by atoms with Crippen LogP contribution in [0.4, 0.5) is 0 Å². The Bertz CT molecular complexity index is 573. The van der Waals surface area contributed by atoms with Crippen molar-refractivity contribution in [2.45, 2.75) is 25.4 Å². The summed E-state index contributed by atoms with van der Waals surface area (Å²) >= 11 is 1.67. The van der Waals surface area contributed by atoms with Crippen molar-refractivity contribution in [1.29, 1.82) is 0 Å². The quantitative estimate of drug-likeness (QED) is 0.821. The molecule has 0 N–H and O–H groups in total. The molecule has 21 heavy (non-hydrogen) atoms. The molecule has 0 spiro atoms. The van der Waals surface area contributed by atoms with E-state index in [1.54, 1.807) is 29.7 Å². The molecule has 2 atom stereocenters. The highest BCUT2D eigenvalue weighted by atomic mass is 32.2. The van der Waals surface area contributed by atoms with Crippen molar-refractivity contribution in [3.8, 4) is 0 Å². The first-order valence-corrected chi connectivity index (χ1v) is 9.54. The lowest BCUT2D eigenvalue weighted by Crippen LogP contribution is -2.45. The maximum Gasteiger partial charge on any atom is 0.281 e. The van der Waals surface area contributed by atoms with Crippen molar-refractivity contribution in [3.63, 3.8) is 0 Å². The van der Waals surface area contributed by atoms with Gasteiger partial charge in [-0.3, -0.25) is 4.90 Å². The van der Waals surface area contributed by atoms with Gasteiger partial charge in [0.25, 0.3) is 10.2 Å². The lowest BCUT2D eigenvalue weighted by Gasteiger charge is -2.35. The van der Waals surface area contributed by atoms with Crippen molar-refractivity contribution in [3.05, 3.63) is 16.6 Å². The van der Waals surface area contributed by atoms with E-state index >= 15 is 0 Å². The Morgan fingerprint density at radius 1 is 1.33 bits per heavy atom. The van der Waals surface area contributed by atoms with Gasteiger partial charge < -0.3 is 0 Å². The molecular weight excluding hydrogens is 308 g/mol. The molecule has 2 bridgehead atoms. The third-order valence-corrected chi connectivity index (χ3v) is 7.04. The molecular formula is C13H22N4O2S2. The van der Waals surface area contributed by atoms with Crippen LogP contribution < -0.4 is 0 Å². The molecule has 6 nitrogen and oxygen atoms in total. The van der Waals surface area contributed by atoms with Gasteiger partial charge in [0.15, 0.2) is 0 Å². The maximum atomic E-state index is 12.4. The van der Waals surface area contributed by atoms with E-state index in [1.807, 2.05) is 11.6 Å². The summed E-state index contributed by atoms with van der Waals surface area (Å²) in [6.07, 6.45) is 4.03. The summed E-state index contributed by atoms with van der Waals surface area (Å²) in [7, 11) is -0.0944. The predicted molar refractivity (Wildman–Crippen MR) is 83.2 cm³/mol. The molecule has 3 saturated heterocycles. The molecule has 118 valence electrons. The molecule has 0 saturated carbocycles. The Morgan fingerprint density at radius 2 is 2.14 bits per heavy atom. The number of hydrogen-bond acceptors (Lipinski definition) is 5. The maximum absolute atomic E-state index is 12.4. The second kappa shape index (κ2) is 5.92. The summed E-state index contributed by atoms with van der Waals surface area (Å²) in [4.78, 5) is 6.77. The lowest BCUT2D eigenvalue weighted by atomic mass is 9.95. The van der Waals surface area contributed by atoms with Crippen molar-refractivity contribution in [2.24, 2.45) is 5.92 Å². The molecule has 8 heteroatoms. The van der Waals surface area contributed by atoms with Crippen LogP contribution in [-0.4, -0.2) is 66.7 Å². The van der Waals surface area contributed by atoms with Crippen molar-refractivity contribution in [1.82, 2.24) is 18.5 Å². The monoisotopic (exact) mass is 330 g/mol. The van der Waals surface area contributed by atoms with E-state index < -0.39 is 10.2 Å². The zero-order valence-corrected chi connectivity index (χ0v) is 14.1. The number of rotatable bonds is 4. The zero-order valence-electron chi connectivity index (χ0n) is 12.5. The second-order valence-corrected chi connectivity index (χ2v) is 9.18. The Hall–Kier alpha value is -0.540. The average Bonchev–Trinajstić information content (AvgIpc) is 2.76. The number of hydrogen-bond donors (Lipinski definition) is 0. The van der Waals surface area contributed by atoms with Gasteiger partial charge in [-0.15, -0.1) is 11.3 Å². The van der Waals surface area contributed by atoms with Crippen LogP contribution in [0.5, 0.6) is 0 Å². The summed E-state index contributed by atoms with van der Waals surface area (Å²) in [5, 5.41) is 3.11. The third-order valence-electron chi connectivity index (χ3n) is 4.40. The van der Waals surface area contributed by atoms with Gasteiger partial charge in [0.2, 0.25) is 0 Å². The van der Waals surface area contributed by atoms with E-state index in [4.69, 9.17) is 0 Å². The second-order valence-electron chi connectivity index (χ2n) is 6.06. The highest BCUT2D eigenvalue weighted by Gasteiger charge is 2.39. The van der Waals surface area contributed by atoms with Crippen molar-refractivity contribution >= 4 is 21.5 Å². The molecule has 4 heterocycles. The van der Waals surface area contributed by atoms with Gasteiger partial charge >= 0.3 is 0 Å². The minimum absolute atomic E-state index is 0.308. The standard InChI is InChI=1S/C13H22N4O2S2/c1-15(2)21(18,19)17-8-11-3-4-12(9-17)16(7-11)10-13-14-5-6-20-13/h5-6,11-12H,3-4,7-10H2,1-2H3/t11-,12-/m1/s1. The molecule has 0 aliphatic carbocycles. The SMILES string of the molecule is CN(C)S(=O)(=O)N1C[C@@H]2CC[C@H](C1)N(Cc1nccs1)C2. The van der Waals surface area contributed by atoms with Crippen LogP contribution >= 0.6 is 11.3 Å². The molecule has 3 aliphatic rings. The normalized spacial score (nSPS) is 28.1. The highest BCUT2D eigenvalue weighted by Crippen LogP contribution is 2.30. The summed E-state index contributed by atoms with van der Waals surface area (Å²) in [5.41, 5.74) is 0.